The predicted octanol–water partition coefficient (Wildman–Crippen LogP) is 5.83. The maximum Gasteiger partial charge on any atom is 0.256 e. The van der Waals surface area contributed by atoms with Crippen LogP contribution in [0.4, 0.5) is 5.82 Å². The second-order valence-corrected chi connectivity index (χ2v) is 7.97. The molecular formula is C23H21Cl2N3O. The first kappa shape index (κ1) is 19.9. The maximum absolute atomic E-state index is 12.7. The van der Waals surface area contributed by atoms with E-state index in [1.165, 1.54) is 5.56 Å². The average molecular weight is 426 g/mol. The maximum atomic E-state index is 12.7. The van der Waals surface area contributed by atoms with Crippen LogP contribution in [0, 0.1) is 0 Å². The summed E-state index contributed by atoms with van der Waals surface area (Å²) < 4.78 is 0. The highest BCUT2D eigenvalue weighted by Crippen LogP contribution is 2.42. The fourth-order valence-corrected chi connectivity index (χ4v) is 4.29. The molecule has 0 fully saturated rings. The molecule has 3 aromatic rings. The van der Waals surface area contributed by atoms with Crippen LogP contribution in [0.2, 0.25) is 10.0 Å². The second kappa shape index (κ2) is 8.54. The van der Waals surface area contributed by atoms with Gasteiger partial charge in [0.05, 0.1) is 10.0 Å². The fourth-order valence-electron chi connectivity index (χ4n) is 3.98. The number of pyridine rings is 1. The molecule has 2 atom stereocenters. The number of benzene rings is 2. The van der Waals surface area contributed by atoms with E-state index in [0.29, 0.717) is 21.4 Å². The van der Waals surface area contributed by atoms with Gasteiger partial charge in [-0.2, -0.15) is 0 Å². The highest BCUT2D eigenvalue weighted by molar-refractivity contribution is 6.42. The van der Waals surface area contributed by atoms with E-state index in [1.807, 2.05) is 49.5 Å². The van der Waals surface area contributed by atoms with E-state index in [2.05, 4.69) is 21.7 Å². The molecule has 4 nitrogen and oxygen atoms in total. The SMILES string of the molecule is CN[C@H]1CC[C@@H](c2ccc(Cl)c(Cl)c2)c2ccc(C(=O)Nc3ccccn3)cc21. The zero-order valence-corrected chi connectivity index (χ0v) is 17.5. The van der Waals surface area contributed by atoms with Crippen LogP contribution in [0.15, 0.2) is 60.8 Å². The number of aromatic nitrogens is 1. The number of rotatable bonds is 4. The number of amides is 1. The lowest BCUT2D eigenvalue weighted by Gasteiger charge is -2.32. The third-order valence-corrected chi connectivity index (χ3v) is 6.18. The number of hydrogen-bond donors (Lipinski definition) is 2. The summed E-state index contributed by atoms with van der Waals surface area (Å²) in [5.41, 5.74) is 4.11. The Bertz CT molecular complexity index is 1040. The molecule has 0 spiro atoms. The topological polar surface area (TPSA) is 54.0 Å². The molecule has 0 radical (unpaired) electrons. The largest absolute Gasteiger partial charge is 0.313 e. The molecule has 4 rings (SSSR count). The second-order valence-electron chi connectivity index (χ2n) is 7.16. The molecule has 148 valence electrons. The van der Waals surface area contributed by atoms with Gasteiger partial charge in [-0.25, -0.2) is 4.98 Å². The van der Waals surface area contributed by atoms with Gasteiger partial charge >= 0.3 is 0 Å². The van der Waals surface area contributed by atoms with Gasteiger partial charge in [0.25, 0.3) is 5.91 Å². The molecular weight excluding hydrogens is 405 g/mol. The summed E-state index contributed by atoms with van der Waals surface area (Å²) in [5, 5.41) is 7.35. The van der Waals surface area contributed by atoms with Crippen molar-refractivity contribution < 1.29 is 4.79 Å². The minimum absolute atomic E-state index is 0.169. The number of carbonyl (C=O) groups excluding carboxylic acids is 1. The van der Waals surface area contributed by atoms with Crippen molar-refractivity contribution in [1.82, 2.24) is 10.3 Å². The van der Waals surface area contributed by atoms with Crippen LogP contribution in [-0.2, 0) is 0 Å². The molecule has 0 saturated carbocycles. The van der Waals surface area contributed by atoms with E-state index >= 15 is 0 Å². The van der Waals surface area contributed by atoms with Crippen LogP contribution in [0.1, 0.15) is 51.8 Å². The van der Waals surface area contributed by atoms with Gasteiger partial charge in [-0.05, 0) is 73.0 Å². The highest BCUT2D eigenvalue weighted by Gasteiger charge is 2.28. The van der Waals surface area contributed by atoms with Gasteiger partial charge < -0.3 is 10.6 Å². The van der Waals surface area contributed by atoms with Crippen molar-refractivity contribution in [3.8, 4) is 0 Å². The number of hydrogen-bond acceptors (Lipinski definition) is 3. The monoisotopic (exact) mass is 425 g/mol. The van der Waals surface area contributed by atoms with E-state index in [4.69, 9.17) is 23.2 Å². The summed E-state index contributed by atoms with van der Waals surface area (Å²) in [6.45, 7) is 0. The number of nitrogens with zero attached hydrogens (tertiary/aromatic N) is 1. The summed E-state index contributed by atoms with van der Waals surface area (Å²) >= 11 is 12.4. The first-order valence-corrected chi connectivity index (χ1v) is 10.3. The van der Waals surface area contributed by atoms with Crippen molar-refractivity contribution in [2.24, 2.45) is 0 Å². The van der Waals surface area contributed by atoms with Crippen LogP contribution in [0.5, 0.6) is 0 Å². The lowest BCUT2D eigenvalue weighted by Crippen LogP contribution is -2.25. The Morgan fingerprint density at radius 3 is 2.59 bits per heavy atom. The number of nitrogens with one attached hydrogen (secondary N) is 2. The fraction of sp³-hybridized carbons (Fsp3) is 0.217. The van der Waals surface area contributed by atoms with Crippen molar-refractivity contribution in [3.63, 3.8) is 0 Å². The summed E-state index contributed by atoms with van der Waals surface area (Å²) in [6, 6.07) is 17.4. The molecule has 0 aliphatic heterocycles. The Hall–Kier alpha value is -2.40. The quantitative estimate of drug-likeness (QED) is 0.552. The van der Waals surface area contributed by atoms with E-state index in [0.717, 1.165) is 24.0 Å². The minimum Gasteiger partial charge on any atom is -0.313 e. The van der Waals surface area contributed by atoms with Crippen LogP contribution in [-0.4, -0.2) is 17.9 Å². The normalized spacial score (nSPS) is 18.2. The smallest absolute Gasteiger partial charge is 0.256 e. The Labute approximate surface area is 180 Å². The average Bonchev–Trinajstić information content (AvgIpc) is 2.75. The standard InChI is InChI=1S/C23H21Cl2N3O/c1-26-21-10-8-16(14-6-9-19(24)20(25)13-14)17-7-5-15(12-18(17)21)23(29)28-22-4-2-3-11-27-22/h2-7,9,11-13,16,21,26H,8,10H2,1H3,(H,27,28,29)/t16-,21-/m0/s1. The van der Waals surface area contributed by atoms with Gasteiger partial charge in [-0.3, -0.25) is 4.79 Å². The number of carbonyl (C=O) groups is 1. The zero-order chi connectivity index (χ0) is 20.4. The third kappa shape index (κ3) is 4.15. The molecule has 0 saturated heterocycles. The Morgan fingerprint density at radius 1 is 1.00 bits per heavy atom. The molecule has 1 amide bonds. The van der Waals surface area contributed by atoms with E-state index in [-0.39, 0.29) is 17.9 Å². The van der Waals surface area contributed by atoms with Gasteiger partial charge in [0.2, 0.25) is 0 Å². The van der Waals surface area contributed by atoms with Crippen molar-refractivity contribution in [2.75, 3.05) is 12.4 Å². The van der Waals surface area contributed by atoms with Crippen LogP contribution >= 0.6 is 23.2 Å². The van der Waals surface area contributed by atoms with Gasteiger partial charge in [-0.15, -0.1) is 0 Å². The molecule has 1 aliphatic carbocycles. The minimum atomic E-state index is -0.169. The molecule has 1 aromatic heterocycles. The van der Waals surface area contributed by atoms with Crippen molar-refractivity contribution in [3.05, 3.63) is 93.1 Å². The molecule has 6 heteroatoms. The van der Waals surface area contributed by atoms with Crippen molar-refractivity contribution in [1.29, 1.82) is 0 Å². The summed E-state index contributed by atoms with van der Waals surface area (Å²) in [5.74, 6) is 0.587. The van der Waals surface area contributed by atoms with Gasteiger partial charge in [0.1, 0.15) is 5.82 Å². The lowest BCUT2D eigenvalue weighted by atomic mass is 9.76. The zero-order valence-electron chi connectivity index (χ0n) is 16.0. The Morgan fingerprint density at radius 2 is 1.86 bits per heavy atom. The Kier molecular flexibility index (Phi) is 5.86. The number of halogens is 2. The van der Waals surface area contributed by atoms with Crippen LogP contribution in [0.3, 0.4) is 0 Å². The van der Waals surface area contributed by atoms with Crippen LogP contribution in [0.25, 0.3) is 0 Å². The summed E-state index contributed by atoms with van der Waals surface area (Å²) in [4.78, 5) is 16.9. The summed E-state index contributed by atoms with van der Waals surface area (Å²) in [6.07, 6.45) is 3.62. The molecule has 2 N–H and O–H groups in total. The molecule has 1 heterocycles. The molecule has 0 unspecified atom stereocenters. The van der Waals surface area contributed by atoms with E-state index in [9.17, 15) is 4.79 Å². The van der Waals surface area contributed by atoms with Crippen molar-refractivity contribution >= 4 is 34.9 Å². The van der Waals surface area contributed by atoms with Gasteiger partial charge in [0, 0.05) is 23.7 Å². The molecule has 2 aromatic carbocycles. The predicted molar refractivity (Wildman–Crippen MR) is 118 cm³/mol. The third-order valence-electron chi connectivity index (χ3n) is 5.44. The van der Waals surface area contributed by atoms with Gasteiger partial charge in [0.15, 0.2) is 0 Å². The first-order chi connectivity index (χ1) is 14.1. The molecule has 29 heavy (non-hydrogen) atoms. The number of anilines is 1. The number of fused-ring (bicyclic) bond motifs is 1. The lowest BCUT2D eigenvalue weighted by molar-refractivity contribution is 0.102. The molecule has 1 aliphatic rings. The van der Waals surface area contributed by atoms with Gasteiger partial charge in [-0.1, -0.05) is 41.4 Å². The van der Waals surface area contributed by atoms with Crippen LogP contribution < -0.4 is 10.6 Å². The van der Waals surface area contributed by atoms with Crippen molar-refractivity contribution in [2.45, 2.75) is 24.8 Å². The highest BCUT2D eigenvalue weighted by atomic mass is 35.5. The summed E-state index contributed by atoms with van der Waals surface area (Å²) in [7, 11) is 1.95. The first-order valence-electron chi connectivity index (χ1n) is 9.55. The van der Waals surface area contributed by atoms with E-state index < -0.39 is 0 Å². The van der Waals surface area contributed by atoms with E-state index in [1.54, 1.807) is 12.3 Å². The molecule has 0 bridgehead atoms. The Balaban J connectivity index is 1.68.